The van der Waals surface area contributed by atoms with Crippen molar-refractivity contribution in [1.29, 1.82) is 0 Å². The van der Waals surface area contributed by atoms with Crippen LogP contribution in [0.4, 0.5) is 0 Å². The second kappa shape index (κ2) is 6.93. The maximum absolute atomic E-state index is 5.76. The molecule has 0 saturated heterocycles. The molecule has 0 aromatic heterocycles. The first-order valence-electron chi connectivity index (χ1n) is 6.54. The molecule has 0 aliphatic rings. The van der Waals surface area contributed by atoms with Crippen molar-refractivity contribution in [2.24, 2.45) is 5.84 Å². The molecule has 5 heteroatoms. The molecule has 1 atom stereocenters. The number of nitrogens with one attached hydrogen (secondary N) is 1. The standard InChI is InChI=1S/C16H19BrN2O2/c1-10-4-5-11(8-15(10)17)16(19-18)12-6-13(20-2)9-14(7-12)21-3/h4-9,16,19H,18H2,1-3H3. The van der Waals surface area contributed by atoms with Gasteiger partial charge < -0.3 is 9.47 Å². The Hall–Kier alpha value is -1.56. The molecule has 2 rings (SSSR count). The highest BCUT2D eigenvalue weighted by Gasteiger charge is 2.15. The van der Waals surface area contributed by atoms with E-state index in [4.69, 9.17) is 15.3 Å². The highest BCUT2D eigenvalue weighted by Crippen LogP contribution is 2.31. The Morgan fingerprint density at radius 3 is 2.10 bits per heavy atom. The highest BCUT2D eigenvalue weighted by atomic mass is 79.9. The van der Waals surface area contributed by atoms with Gasteiger partial charge in [-0.05, 0) is 41.8 Å². The summed E-state index contributed by atoms with van der Waals surface area (Å²) >= 11 is 3.55. The van der Waals surface area contributed by atoms with Crippen LogP contribution in [0.25, 0.3) is 0 Å². The smallest absolute Gasteiger partial charge is 0.122 e. The Kier molecular flexibility index (Phi) is 5.22. The molecule has 0 saturated carbocycles. The van der Waals surface area contributed by atoms with Crippen LogP contribution in [0, 0.1) is 6.92 Å². The zero-order chi connectivity index (χ0) is 15.4. The Balaban J connectivity index is 2.47. The van der Waals surface area contributed by atoms with Crippen molar-refractivity contribution >= 4 is 15.9 Å². The number of aryl methyl sites for hydroxylation is 1. The van der Waals surface area contributed by atoms with E-state index in [1.165, 1.54) is 5.56 Å². The Labute approximate surface area is 133 Å². The van der Waals surface area contributed by atoms with Crippen LogP contribution in [-0.4, -0.2) is 14.2 Å². The van der Waals surface area contributed by atoms with Crippen LogP contribution < -0.4 is 20.7 Å². The summed E-state index contributed by atoms with van der Waals surface area (Å²) in [7, 11) is 3.26. The lowest BCUT2D eigenvalue weighted by Gasteiger charge is -2.19. The third-order valence-electron chi connectivity index (χ3n) is 3.40. The fourth-order valence-electron chi connectivity index (χ4n) is 2.17. The topological polar surface area (TPSA) is 56.5 Å². The minimum atomic E-state index is -0.147. The Bertz CT molecular complexity index is 609. The predicted octanol–water partition coefficient (Wildman–Crippen LogP) is 3.33. The molecule has 4 nitrogen and oxygen atoms in total. The molecule has 0 fully saturated rings. The lowest BCUT2D eigenvalue weighted by molar-refractivity contribution is 0.392. The first-order valence-corrected chi connectivity index (χ1v) is 7.33. The van der Waals surface area contributed by atoms with Gasteiger partial charge in [0.15, 0.2) is 0 Å². The van der Waals surface area contributed by atoms with Crippen LogP contribution >= 0.6 is 15.9 Å². The number of rotatable bonds is 5. The molecule has 0 radical (unpaired) electrons. The van der Waals surface area contributed by atoms with Crippen LogP contribution in [0.3, 0.4) is 0 Å². The van der Waals surface area contributed by atoms with E-state index in [1.807, 2.05) is 25.1 Å². The number of nitrogens with two attached hydrogens (primary N) is 1. The van der Waals surface area contributed by atoms with E-state index in [-0.39, 0.29) is 6.04 Å². The van der Waals surface area contributed by atoms with Gasteiger partial charge in [0.25, 0.3) is 0 Å². The van der Waals surface area contributed by atoms with Crippen molar-refractivity contribution in [2.45, 2.75) is 13.0 Å². The summed E-state index contributed by atoms with van der Waals surface area (Å²) in [4.78, 5) is 0. The fourth-order valence-corrected chi connectivity index (χ4v) is 2.57. The second-order valence-corrected chi connectivity index (χ2v) is 5.61. The number of hydrogen-bond acceptors (Lipinski definition) is 4. The van der Waals surface area contributed by atoms with E-state index >= 15 is 0 Å². The summed E-state index contributed by atoms with van der Waals surface area (Å²) in [5, 5.41) is 0. The number of halogens is 1. The average molecular weight is 351 g/mol. The van der Waals surface area contributed by atoms with E-state index < -0.39 is 0 Å². The third-order valence-corrected chi connectivity index (χ3v) is 4.26. The molecule has 3 N–H and O–H groups in total. The first kappa shape index (κ1) is 15.8. The minimum absolute atomic E-state index is 0.147. The van der Waals surface area contributed by atoms with E-state index in [0.717, 1.165) is 27.1 Å². The summed E-state index contributed by atoms with van der Waals surface area (Å²) < 4.78 is 11.7. The molecule has 0 spiro atoms. The number of hydrogen-bond donors (Lipinski definition) is 2. The van der Waals surface area contributed by atoms with Crippen LogP contribution in [0.2, 0.25) is 0 Å². The Morgan fingerprint density at radius 1 is 1.00 bits per heavy atom. The maximum atomic E-state index is 5.76. The van der Waals surface area contributed by atoms with Crippen molar-refractivity contribution in [3.05, 3.63) is 57.6 Å². The molecule has 2 aromatic rings. The van der Waals surface area contributed by atoms with Gasteiger partial charge in [-0.2, -0.15) is 0 Å². The number of benzene rings is 2. The van der Waals surface area contributed by atoms with Gasteiger partial charge in [-0.25, -0.2) is 5.43 Å². The van der Waals surface area contributed by atoms with Gasteiger partial charge in [0.05, 0.1) is 20.3 Å². The lowest BCUT2D eigenvalue weighted by Crippen LogP contribution is -2.28. The van der Waals surface area contributed by atoms with Crippen molar-refractivity contribution in [3.63, 3.8) is 0 Å². The summed E-state index contributed by atoms with van der Waals surface area (Å²) in [6.07, 6.45) is 0. The monoisotopic (exact) mass is 350 g/mol. The molecule has 0 heterocycles. The SMILES string of the molecule is COc1cc(OC)cc(C(NN)c2ccc(C)c(Br)c2)c1. The van der Waals surface area contributed by atoms with Crippen molar-refractivity contribution in [3.8, 4) is 11.5 Å². The second-order valence-electron chi connectivity index (χ2n) is 4.75. The van der Waals surface area contributed by atoms with Gasteiger partial charge in [-0.1, -0.05) is 28.1 Å². The fraction of sp³-hybridized carbons (Fsp3) is 0.250. The van der Waals surface area contributed by atoms with Gasteiger partial charge >= 0.3 is 0 Å². The summed E-state index contributed by atoms with van der Waals surface area (Å²) in [5.41, 5.74) is 6.07. The molecule has 0 aliphatic carbocycles. The van der Waals surface area contributed by atoms with E-state index in [9.17, 15) is 0 Å². The largest absolute Gasteiger partial charge is 0.497 e. The zero-order valence-corrected chi connectivity index (χ0v) is 13.9. The molecule has 0 bridgehead atoms. The van der Waals surface area contributed by atoms with E-state index in [2.05, 4.69) is 39.6 Å². The molecule has 0 amide bonds. The third kappa shape index (κ3) is 3.56. The lowest BCUT2D eigenvalue weighted by atomic mass is 9.98. The molecule has 112 valence electrons. The molecule has 2 aromatic carbocycles. The van der Waals surface area contributed by atoms with Crippen molar-refractivity contribution in [1.82, 2.24) is 5.43 Å². The average Bonchev–Trinajstić information content (AvgIpc) is 2.51. The van der Waals surface area contributed by atoms with E-state index in [0.29, 0.717) is 0 Å². The molecular formula is C16H19BrN2O2. The van der Waals surface area contributed by atoms with Crippen molar-refractivity contribution < 1.29 is 9.47 Å². The van der Waals surface area contributed by atoms with E-state index in [1.54, 1.807) is 14.2 Å². The zero-order valence-electron chi connectivity index (χ0n) is 12.3. The van der Waals surface area contributed by atoms with Crippen LogP contribution in [0.1, 0.15) is 22.7 Å². The van der Waals surface area contributed by atoms with Gasteiger partial charge in [-0.3, -0.25) is 5.84 Å². The first-order chi connectivity index (χ1) is 10.1. The summed E-state index contributed by atoms with van der Waals surface area (Å²) in [5.74, 6) is 7.23. The quantitative estimate of drug-likeness (QED) is 0.641. The van der Waals surface area contributed by atoms with Crippen LogP contribution in [0.15, 0.2) is 40.9 Å². The summed E-state index contributed by atoms with van der Waals surface area (Å²) in [6, 6.07) is 11.7. The molecular weight excluding hydrogens is 332 g/mol. The van der Waals surface area contributed by atoms with Gasteiger partial charge in [0.2, 0.25) is 0 Å². The predicted molar refractivity (Wildman–Crippen MR) is 87.6 cm³/mol. The van der Waals surface area contributed by atoms with Crippen LogP contribution in [0.5, 0.6) is 11.5 Å². The maximum Gasteiger partial charge on any atom is 0.122 e. The molecule has 21 heavy (non-hydrogen) atoms. The van der Waals surface area contributed by atoms with Gasteiger partial charge in [-0.15, -0.1) is 0 Å². The van der Waals surface area contributed by atoms with Gasteiger partial charge in [0, 0.05) is 10.5 Å². The minimum Gasteiger partial charge on any atom is -0.497 e. The normalized spacial score (nSPS) is 12.0. The highest BCUT2D eigenvalue weighted by molar-refractivity contribution is 9.10. The number of ether oxygens (including phenoxy) is 2. The molecule has 1 unspecified atom stereocenters. The van der Waals surface area contributed by atoms with Gasteiger partial charge in [0.1, 0.15) is 11.5 Å². The number of hydrazine groups is 1. The number of methoxy groups -OCH3 is 2. The summed E-state index contributed by atoms with van der Waals surface area (Å²) in [6.45, 7) is 2.05. The Morgan fingerprint density at radius 2 is 1.62 bits per heavy atom. The molecule has 0 aliphatic heterocycles. The van der Waals surface area contributed by atoms with Crippen molar-refractivity contribution in [2.75, 3.05) is 14.2 Å². The van der Waals surface area contributed by atoms with Crippen LogP contribution in [-0.2, 0) is 0 Å².